The van der Waals surface area contributed by atoms with Crippen molar-refractivity contribution < 1.29 is 13.2 Å². The first-order valence-corrected chi connectivity index (χ1v) is 7.63. The van der Waals surface area contributed by atoms with Crippen LogP contribution in [0.2, 0.25) is 0 Å². The van der Waals surface area contributed by atoms with Crippen molar-refractivity contribution in [1.82, 2.24) is 0 Å². The summed E-state index contributed by atoms with van der Waals surface area (Å²) in [7, 11) is 0. The maximum absolute atomic E-state index is 12.6. The van der Waals surface area contributed by atoms with Crippen LogP contribution in [0.1, 0.15) is 51.7 Å². The molecule has 0 unspecified atom stereocenters. The Morgan fingerprint density at radius 2 is 1.32 bits per heavy atom. The maximum Gasteiger partial charge on any atom is 0.129 e. The van der Waals surface area contributed by atoms with E-state index >= 15 is 0 Å². The molecule has 0 fully saturated rings. The molecule has 0 nitrogen and oxygen atoms in total. The molecule has 2 aromatic rings. The normalized spacial score (nSPS) is 9.50. The summed E-state index contributed by atoms with van der Waals surface area (Å²) in [5, 5.41) is 0. The lowest BCUT2D eigenvalue weighted by atomic mass is 10.0. The minimum atomic E-state index is -0.519. The third-order valence-corrected chi connectivity index (χ3v) is 2.93. The van der Waals surface area contributed by atoms with Crippen molar-refractivity contribution in [2.75, 3.05) is 0 Å². The Morgan fingerprint density at radius 1 is 0.818 bits per heavy atom. The van der Waals surface area contributed by atoms with Crippen LogP contribution < -0.4 is 0 Å². The van der Waals surface area contributed by atoms with E-state index in [-0.39, 0.29) is 5.82 Å². The van der Waals surface area contributed by atoms with Gasteiger partial charge < -0.3 is 0 Å². The van der Waals surface area contributed by atoms with E-state index in [1.807, 2.05) is 32.9 Å². The lowest BCUT2D eigenvalue weighted by Gasteiger charge is -2.02. The van der Waals surface area contributed by atoms with E-state index in [4.69, 9.17) is 0 Å². The third kappa shape index (κ3) is 7.30. The second-order valence-corrected chi connectivity index (χ2v) is 4.80. The monoisotopic (exact) mass is 310 g/mol. The Balaban J connectivity index is 0.000000360. The Hall–Kier alpha value is -1.77. The topological polar surface area (TPSA) is 0 Å². The molecular weight excluding hydrogens is 285 g/mol. The van der Waals surface area contributed by atoms with Gasteiger partial charge >= 0.3 is 0 Å². The van der Waals surface area contributed by atoms with Crippen molar-refractivity contribution >= 4 is 0 Å². The molecule has 0 aliphatic heterocycles. The third-order valence-electron chi connectivity index (χ3n) is 2.93. The van der Waals surface area contributed by atoms with Gasteiger partial charge in [-0.15, -0.1) is 0 Å². The highest BCUT2D eigenvalue weighted by Crippen LogP contribution is 2.13. The summed E-state index contributed by atoms with van der Waals surface area (Å²) in [6, 6.07) is 10.3. The number of halogens is 3. The number of rotatable bonds is 2. The van der Waals surface area contributed by atoms with E-state index in [0.29, 0.717) is 17.9 Å². The van der Waals surface area contributed by atoms with Crippen molar-refractivity contribution in [3.05, 3.63) is 71.0 Å². The Bertz CT molecular complexity index is 531. The van der Waals surface area contributed by atoms with Gasteiger partial charge in [0.2, 0.25) is 0 Å². The van der Waals surface area contributed by atoms with Gasteiger partial charge in [-0.2, -0.15) is 0 Å². The predicted molar refractivity (Wildman–Crippen MR) is 87.6 cm³/mol. The smallest absolute Gasteiger partial charge is 0.129 e. The Kier molecular flexibility index (Phi) is 10.0. The van der Waals surface area contributed by atoms with Gasteiger partial charge in [0.05, 0.1) is 0 Å². The van der Waals surface area contributed by atoms with Crippen LogP contribution in [0.5, 0.6) is 0 Å². The van der Waals surface area contributed by atoms with E-state index in [0.717, 1.165) is 6.07 Å². The van der Waals surface area contributed by atoms with E-state index < -0.39 is 11.6 Å². The summed E-state index contributed by atoms with van der Waals surface area (Å²) >= 11 is 0. The van der Waals surface area contributed by atoms with Gasteiger partial charge in [0.1, 0.15) is 17.5 Å². The van der Waals surface area contributed by atoms with Crippen molar-refractivity contribution in [2.24, 2.45) is 0 Å². The summed E-state index contributed by atoms with van der Waals surface area (Å²) in [6.45, 7) is 10.0. The summed E-state index contributed by atoms with van der Waals surface area (Å²) in [6.07, 6.45) is 0.603. The summed E-state index contributed by atoms with van der Waals surface area (Å²) in [5.74, 6) is -0.651. The van der Waals surface area contributed by atoms with Gasteiger partial charge in [0, 0.05) is 6.07 Å². The van der Waals surface area contributed by atoms with Crippen molar-refractivity contribution in [2.45, 2.75) is 47.0 Å². The molecule has 0 aliphatic carbocycles. The van der Waals surface area contributed by atoms with Crippen LogP contribution in [0.25, 0.3) is 0 Å². The Morgan fingerprint density at radius 3 is 1.73 bits per heavy atom. The molecule has 0 aromatic heterocycles. The van der Waals surface area contributed by atoms with Crippen molar-refractivity contribution in [1.29, 1.82) is 0 Å². The Labute approximate surface area is 132 Å². The second kappa shape index (κ2) is 10.9. The average Bonchev–Trinajstić information content (AvgIpc) is 2.50. The van der Waals surface area contributed by atoms with Crippen LogP contribution in [-0.2, 0) is 6.42 Å². The molecule has 0 heterocycles. The molecule has 0 amide bonds. The fourth-order valence-electron chi connectivity index (χ4n) is 1.66. The minimum Gasteiger partial charge on any atom is -0.207 e. The van der Waals surface area contributed by atoms with Gasteiger partial charge in [0.25, 0.3) is 0 Å². The molecule has 0 spiro atoms. The quantitative estimate of drug-likeness (QED) is 0.593. The SMILES string of the molecule is CC.CC(C)c1ccc(F)cc1.CCc1ccc(F)cc1F. The molecule has 0 atom stereocenters. The van der Waals surface area contributed by atoms with E-state index in [1.54, 1.807) is 0 Å². The van der Waals surface area contributed by atoms with Gasteiger partial charge in [-0.1, -0.05) is 52.8 Å². The zero-order valence-electron chi connectivity index (χ0n) is 14.0. The maximum atomic E-state index is 12.6. The minimum absolute atomic E-state index is 0.163. The van der Waals surface area contributed by atoms with Crippen LogP contribution in [0.15, 0.2) is 42.5 Å². The van der Waals surface area contributed by atoms with Gasteiger partial charge in [0.15, 0.2) is 0 Å². The van der Waals surface area contributed by atoms with Crippen LogP contribution in [0.4, 0.5) is 13.2 Å². The van der Waals surface area contributed by atoms with E-state index in [1.165, 1.54) is 29.8 Å². The zero-order chi connectivity index (χ0) is 17.1. The molecule has 3 heteroatoms. The van der Waals surface area contributed by atoms with Gasteiger partial charge in [-0.05, 0) is 41.7 Å². The fourth-order valence-corrected chi connectivity index (χ4v) is 1.66. The first kappa shape index (κ1) is 20.2. The molecule has 22 heavy (non-hydrogen) atoms. The van der Waals surface area contributed by atoms with Crippen LogP contribution >= 0.6 is 0 Å². The van der Waals surface area contributed by atoms with E-state index in [2.05, 4.69) is 13.8 Å². The lowest BCUT2D eigenvalue weighted by Crippen LogP contribution is -1.87. The summed E-state index contributed by atoms with van der Waals surface area (Å²) in [4.78, 5) is 0. The molecule has 0 saturated heterocycles. The van der Waals surface area contributed by atoms with Gasteiger partial charge in [-0.25, -0.2) is 13.2 Å². The molecule has 0 saturated carbocycles. The highest BCUT2D eigenvalue weighted by molar-refractivity contribution is 5.19. The predicted octanol–water partition coefficient (Wildman–Crippen LogP) is 6.50. The molecule has 0 bridgehead atoms. The van der Waals surface area contributed by atoms with Crippen LogP contribution in [0.3, 0.4) is 0 Å². The average molecular weight is 310 g/mol. The van der Waals surface area contributed by atoms with Gasteiger partial charge in [-0.3, -0.25) is 0 Å². The fraction of sp³-hybridized carbons (Fsp3) is 0.368. The molecule has 0 radical (unpaired) electrons. The van der Waals surface area contributed by atoms with Crippen LogP contribution in [0, 0.1) is 17.5 Å². The van der Waals surface area contributed by atoms with E-state index in [9.17, 15) is 13.2 Å². The highest BCUT2D eigenvalue weighted by Gasteiger charge is 1.99. The number of hydrogen-bond acceptors (Lipinski definition) is 0. The number of aryl methyl sites for hydroxylation is 1. The summed E-state index contributed by atoms with van der Waals surface area (Å²) in [5.41, 5.74) is 1.74. The highest BCUT2D eigenvalue weighted by atomic mass is 19.1. The molecular formula is C19H25F3. The molecule has 122 valence electrons. The second-order valence-electron chi connectivity index (χ2n) is 4.80. The standard InChI is InChI=1S/C9H11F.C8H8F2.C2H6/c1-7(2)8-3-5-9(10)6-4-8;1-2-6-3-4-7(9)5-8(6)10;1-2/h3-7H,1-2H3;3-5H,2H2,1H3;1-2H3. The zero-order valence-corrected chi connectivity index (χ0v) is 14.0. The van der Waals surface area contributed by atoms with Crippen molar-refractivity contribution in [3.8, 4) is 0 Å². The number of hydrogen-bond donors (Lipinski definition) is 0. The lowest BCUT2D eigenvalue weighted by molar-refractivity contribution is 0.573. The molecule has 2 rings (SSSR count). The summed E-state index contributed by atoms with van der Waals surface area (Å²) < 4.78 is 37.2. The first-order valence-electron chi connectivity index (χ1n) is 7.63. The van der Waals surface area contributed by atoms with Crippen molar-refractivity contribution in [3.63, 3.8) is 0 Å². The first-order chi connectivity index (χ1) is 10.4. The molecule has 0 N–H and O–H groups in total. The van der Waals surface area contributed by atoms with Crippen LogP contribution in [-0.4, -0.2) is 0 Å². The molecule has 2 aromatic carbocycles. The largest absolute Gasteiger partial charge is 0.207 e. The molecule has 0 aliphatic rings. The number of benzene rings is 2.